The molecule has 8 rings (SSSR count). The Morgan fingerprint density at radius 2 is 1.75 bits per heavy atom. The van der Waals surface area contributed by atoms with Gasteiger partial charge >= 0.3 is 12.1 Å². The highest BCUT2D eigenvalue weighted by atomic mass is 28.4. The lowest BCUT2D eigenvalue weighted by Gasteiger charge is -2.48. The Morgan fingerprint density at radius 3 is 2.42 bits per heavy atom. The van der Waals surface area contributed by atoms with Crippen molar-refractivity contribution in [3.8, 4) is 28.9 Å². The second kappa shape index (κ2) is 15.2. The molecule has 2 aromatic heterocycles. The molecule has 0 spiro atoms. The number of halogens is 2. The number of anilines is 1. The van der Waals surface area contributed by atoms with Gasteiger partial charge in [0.25, 0.3) is 0 Å². The Kier molecular flexibility index (Phi) is 10.7. The number of hydrogen-bond acceptors (Lipinski definition) is 11. The smallest absolute Gasteiger partial charge is 0.410 e. The number of methoxy groups -OCH3 is 1. The summed E-state index contributed by atoms with van der Waals surface area (Å²) in [5, 5.41) is 1.52. The van der Waals surface area contributed by atoms with Gasteiger partial charge in [-0.1, -0.05) is 33.8 Å². The van der Waals surface area contributed by atoms with Crippen LogP contribution in [0.1, 0.15) is 86.6 Å². The monoisotopic (exact) mass is 847 g/mol. The summed E-state index contributed by atoms with van der Waals surface area (Å²) in [7, 11) is -0.514. The molecule has 5 heterocycles. The molecule has 2 bridgehead atoms. The lowest BCUT2D eigenvalue weighted by Crippen LogP contribution is -2.65. The highest BCUT2D eigenvalue weighted by Crippen LogP contribution is 2.50. The van der Waals surface area contributed by atoms with Gasteiger partial charge in [-0.3, -0.25) is 4.90 Å². The molecule has 12 nitrogen and oxygen atoms in total. The van der Waals surface area contributed by atoms with Crippen LogP contribution in [0.5, 0.6) is 17.6 Å². The van der Waals surface area contributed by atoms with Gasteiger partial charge in [0.05, 0.1) is 24.7 Å². The molecule has 60 heavy (non-hydrogen) atoms. The molecule has 3 aliphatic heterocycles. The summed E-state index contributed by atoms with van der Waals surface area (Å²) in [4.78, 5) is 32.5. The van der Waals surface area contributed by atoms with Crippen molar-refractivity contribution in [2.24, 2.45) is 5.41 Å². The number of rotatable bonds is 11. The van der Waals surface area contributed by atoms with Crippen LogP contribution in [-0.2, 0) is 20.3 Å². The van der Waals surface area contributed by atoms with Crippen LogP contribution in [0.3, 0.4) is 0 Å². The number of aromatic nitrogens is 3. The molecule has 4 aliphatic rings. The lowest BCUT2D eigenvalue weighted by molar-refractivity contribution is 0.000928. The van der Waals surface area contributed by atoms with Crippen LogP contribution in [0.2, 0.25) is 18.1 Å². The topological polar surface area (TPSA) is 118 Å². The van der Waals surface area contributed by atoms with Crippen LogP contribution in [0.4, 0.5) is 19.4 Å². The molecule has 4 aromatic rings. The molecule has 1 saturated carbocycles. The highest BCUT2D eigenvalue weighted by molar-refractivity contribution is 6.74. The summed E-state index contributed by atoms with van der Waals surface area (Å²) in [6.45, 7) is 21.8. The van der Waals surface area contributed by atoms with E-state index in [1.807, 2.05) is 39.5 Å². The van der Waals surface area contributed by atoms with Crippen molar-refractivity contribution in [1.82, 2.24) is 19.9 Å². The van der Waals surface area contributed by atoms with Crippen molar-refractivity contribution < 1.29 is 41.7 Å². The second-order valence-electron chi connectivity index (χ2n) is 19.6. The van der Waals surface area contributed by atoms with Crippen LogP contribution in [0.25, 0.3) is 32.9 Å². The number of carbonyl (C=O) groups is 1. The fourth-order valence-electron chi connectivity index (χ4n) is 8.77. The quantitative estimate of drug-likeness (QED) is 0.106. The van der Waals surface area contributed by atoms with Crippen LogP contribution in [0, 0.1) is 17.0 Å². The maximum atomic E-state index is 17.8. The maximum Gasteiger partial charge on any atom is 0.410 e. The minimum absolute atomic E-state index is 0.0238. The lowest BCUT2D eigenvalue weighted by atomic mass is 9.94. The van der Waals surface area contributed by atoms with Gasteiger partial charge in [0.2, 0.25) is 5.88 Å². The van der Waals surface area contributed by atoms with Crippen LogP contribution in [-0.4, -0.2) is 97.8 Å². The molecule has 15 heteroatoms. The Labute approximate surface area is 352 Å². The maximum absolute atomic E-state index is 17.8. The summed E-state index contributed by atoms with van der Waals surface area (Å²) in [6, 6.07) is 5.68. The van der Waals surface area contributed by atoms with Crippen LogP contribution < -0.4 is 19.1 Å². The molecule has 2 saturated heterocycles. The van der Waals surface area contributed by atoms with Gasteiger partial charge in [0.15, 0.2) is 20.9 Å². The van der Waals surface area contributed by atoms with Crippen molar-refractivity contribution >= 4 is 41.9 Å². The van der Waals surface area contributed by atoms with E-state index in [1.165, 1.54) is 13.2 Å². The Bertz CT molecular complexity index is 2330. The van der Waals surface area contributed by atoms with Gasteiger partial charge in [-0.25, -0.2) is 18.6 Å². The van der Waals surface area contributed by atoms with E-state index in [0.717, 1.165) is 25.7 Å². The van der Waals surface area contributed by atoms with Crippen molar-refractivity contribution in [3.05, 3.63) is 41.5 Å². The van der Waals surface area contributed by atoms with Gasteiger partial charge in [-0.2, -0.15) is 9.97 Å². The molecular weight excluding hydrogens is 789 g/mol. The molecule has 0 N–H and O–H groups in total. The number of hydrogen-bond donors (Lipinski definition) is 0. The summed E-state index contributed by atoms with van der Waals surface area (Å²) >= 11 is 0. The highest BCUT2D eigenvalue weighted by Gasteiger charge is 2.54. The van der Waals surface area contributed by atoms with Gasteiger partial charge < -0.3 is 33.0 Å². The summed E-state index contributed by atoms with van der Waals surface area (Å²) in [5.74, 6) is -0.174. The minimum Gasteiger partial charge on any atom is -0.472 e. The van der Waals surface area contributed by atoms with E-state index >= 15 is 8.78 Å². The van der Waals surface area contributed by atoms with Crippen molar-refractivity contribution in [2.45, 2.75) is 135 Å². The fraction of sp³-hybridized carbons (Fsp3) is 0.600. The standard InChI is InChI=1S/C45H59F2N5O7Si/c1-12-29-31(46)15-13-26-19-28(56-24-54-9)20-30(33(26)29)36-35(47)37-34-39(50-41(49-37)55-22-45(17-18-45)23-57-60(10,11)44(6,7)8)51-21-27-14-16-32(38(51)25(2)58-40(34)48-36)52(27)42(53)59-43(3,4)5/h13,15,19-20,25,27,32,38H,12,14,16-18,21-24H2,1-11H3/t25-,27+,32-,38+/m0/s1. The Balaban J connectivity index is 1.28. The number of fused-ring (bicyclic) bond motifs is 6. The molecule has 3 fully saturated rings. The molecule has 2 aromatic carbocycles. The minimum atomic E-state index is -2.03. The average molecular weight is 848 g/mol. The first-order chi connectivity index (χ1) is 28.2. The fourth-order valence-corrected chi connectivity index (χ4v) is 9.87. The van der Waals surface area contributed by atoms with Crippen LogP contribution >= 0.6 is 0 Å². The normalized spacial score (nSPS) is 22.1. The zero-order valence-corrected chi connectivity index (χ0v) is 37.8. The Hall–Kier alpha value is -4.34. The predicted octanol–water partition coefficient (Wildman–Crippen LogP) is 9.59. The zero-order valence-electron chi connectivity index (χ0n) is 36.8. The van der Waals surface area contributed by atoms with Gasteiger partial charge in [0.1, 0.15) is 45.7 Å². The third kappa shape index (κ3) is 7.63. The number of ether oxygens (including phenoxy) is 5. The Morgan fingerprint density at radius 1 is 1.00 bits per heavy atom. The third-order valence-corrected chi connectivity index (χ3v) is 17.7. The molecule has 0 unspecified atom stereocenters. The third-order valence-electron chi connectivity index (χ3n) is 13.2. The SMILES string of the molecule is CCc1c(F)ccc2cc(OCOC)cc(-c3nc4c5c(nc(OCC6(CO[Si](C)(C)C(C)(C)C)CC6)nc5c3F)N3C[C@H]5CC[C@@H]([C@H]3[C@H](C)O4)N5C(=O)OC(C)(C)C)c12. The van der Waals surface area contributed by atoms with Crippen molar-refractivity contribution in [3.63, 3.8) is 0 Å². The summed E-state index contributed by atoms with van der Waals surface area (Å²) < 4.78 is 70.3. The largest absolute Gasteiger partial charge is 0.472 e. The molecule has 1 amide bonds. The van der Waals surface area contributed by atoms with Crippen LogP contribution in [0.15, 0.2) is 24.3 Å². The first kappa shape index (κ1) is 42.4. The van der Waals surface area contributed by atoms with Gasteiger partial charge in [-0.15, -0.1) is 0 Å². The number of aryl methyl sites for hydroxylation is 1. The summed E-state index contributed by atoms with van der Waals surface area (Å²) in [5.41, 5.74) is -0.246. The van der Waals surface area contributed by atoms with E-state index in [2.05, 4.69) is 38.8 Å². The predicted molar refractivity (Wildman–Crippen MR) is 228 cm³/mol. The number of nitrogens with zero attached hydrogens (tertiary/aromatic N) is 5. The van der Waals surface area contributed by atoms with Crippen molar-refractivity contribution in [2.75, 3.05) is 38.6 Å². The first-order valence-corrected chi connectivity index (χ1v) is 24.2. The molecular formula is C45H59F2N5O7Si. The van der Waals surface area contributed by atoms with E-state index < -0.39 is 31.7 Å². The number of benzene rings is 2. The number of piperazine rings is 1. The average Bonchev–Trinajstić information content (AvgIpc) is 3.91. The number of pyridine rings is 1. The van der Waals surface area contributed by atoms with Gasteiger partial charge in [0, 0.05) is 31.2 Å². The van der Waals surface area contributed by atoms with E-state index in [0.29, 0.717) is 65.0 Å². The molecule has 324 valence electrons. The number of amides is 1. The van der Waals surface area contributed by atoms with E-state index in [-0.39, 0.29) is 64.6 Å². The number of carbonyl (C=O) groups excluding carboxylic acids is 1. The summed E-state index contributed by atoms with van der Waals surface area (Å²) in [6.07, 6.45) is 2.80. The molecule has 1 aliphatic carbocycles. The molecule has 0 radical (unpaired) electrons. The van der Waals surface area contributed by atoms with Crippen molar-refractivity contribution in [1.29, 1.82) is 0 Å². The zero-order chi connectivity index (χ0) is 43.1. The van der Waals surface area contributed by atoms with E-state index in [9.17, 15) is 4.79 Å². The van der Waals surface area contributed by atoms with E-state index in [4.69, 9.17) is 43.1 Å². The second-order valence-corrected chi connectivity index (χ2v) is 24.4. The van der Waals surface area contributed by atoms with Gasteiger partial charge in [-0.05, 0) is 112 Å². The first-order valence-electron chi connectivity index (χ1n) is 21.2. The molecule has 4 atom stereocenters. The van der Waals surface area contributed by atoms with E-state index in [1.54, 1.807) is 18.2 Å².